The van der Waals surface area contributed by atoms with Crippen LogP contribution in [0.5, 0.6) is 0 Å². The lowest BCUT2D eigenvalue weighted by atomic mass is 10.2. The first-order chi connectivity index (χ1) is 11.0. The first-order valence-corrected chi connectivity index (χ1v) is 8.56. The van der Waals surface area contributed by atoms with Gasteiger partial charge in [-0.05, 0) is 46.3 Å². The number of rotatable bonds is 9. The van der Waals surface area contributed by atoms with Crippen LogP contribution in [0.15, 0.2) is 4.99 Å². The molecule has 0 radical (unpaired) electrons. The van der Waals surface area contributed by atoms with Crippen molar-refractivity contribution in [3.8, 4) is 0 Å². The van der Waals surface area contributed by atoms with Gasteiger partial charge in [-0.15, -0.1) is 10.2 Å². The summed E-state index contributed by atoms with van der Waals surface area (Å²) in [5.74, 6) is 2.62. The second-order valence-electron chi connectivity index (χ2n) is 5.86. The summed E-state index contributed by atoms with van der Waals surface area (Å²) in [5, 5.41) is 14.9. The van der Waals surface area contributed by atoms with Gasteiger partial charge in [-0.25, -0.2) is 0 Å². The van der Waals surface area contributed by atoms with Gasteiger partial charge in [0.25, 0.3) is 0 Å². The number of guanidine groups is 1. The lowest BCUT2D eigenvalue weighted by Crippen LogP contribution is -2.42. The fraction of sp³-hybridized carbons (Fsp3) is 0.812. The van der Waals surface area contributed by atoms with Gasteiger partial charge in [-0.2, -0.15) is 0 Å². The minimum absolute atomic E-state index is 0.387. The molecule has 0 aliphatic heterocycles. The molecule has 1 aromatic rings. The fourth-order valence-electron chi connectivity index (χ4n) is 2.43. The molecule has 0 spiro atoms. The van der Waals surface area contributed by atoms with Crippen LogP contribution < -0.4 is 10.6 Å². The SMILES string of the molecule is CCN(CC)CCCC(C)NC(=NC)NCc1nnc(C)n1C. The molecule has 2 N–H and O–H groups in total. The van der Waals surface area contributed by atoms with Crippen LogP contribution in [0.1, 0.15) is 45.3 Å². The van der Waals surface area contributed by atoms with Gasteiger partial charge in [-0.1, -0.05) is 13.8 Å². The maximum atomic E-state index is 4.28. The van der Waals surface area contributed by atoms with Crippen LogP contribution in [-0.2, 0) is 13.6 Å². The highest BCUT2D eigenvalue weighted by molar-refractivity contribution is 5.79. The molecule has 0 aromatic carbocycles. The largest absolute Gasteiger partial charge is 0.354 e. The Hall–Kier alpha value is -1.63. The minimum Gasteiger partial charge on any atom is -0.354 e. The van der Waals surface area contributed by atoms with E-state index in [-0.39, 0.29) is 0 Å². The van der Waals surface area contributed by atoms with E-state index >= 15 is 0 Å². The summed E-state index contributed by atoms with van der Waals surface area (Å²) in [5.41, 5.74) is 0. The average molecular weight is 323 g/mol. The van der Waals surface area contributed by atoms with Crippen LogP contribution in [0.4, 0.5) is 0 Å². The highest BCUT2D eigenvalue weighted by Gasteiger charge is 2.09. The van der Waals surface area contributed by atoms with Crippen molar-refractivity contribution in [2.24, 2.45) is 12.0 Å². The molecule has 1 rings (SSSR count). The predicted molar refractivity (Wildman–Crippen MR) is 95.6 cm³/mol. The van der Waals surface area contributed by atoms with E-state index < -0.39 is 0 Å². The van der Waals surface area contributed by atoms with Crippen molar-refractivity contribution in [1.82, 2.24) is 30.3 Å². The molecule has 7 nitrogen and oxygen atoms in total. The normalized spacial score (nSPS) is 13.4. The molecule has 7 heteroatoms. The third-order valence-corrected chi connectivity index (χ3v) is 4.21. The van der Waals surface area contributed by atoms with E-state index in [1.807, 2.05) is 18.5 Å². The first kappa shape index (κ1) is 19.4. The smallest absolute Gasteiger partial charge is 0.191 e. The molecule has 1 unspecified atom stereocenters. The third-order valence-electron chi connectivity index (χ3n) is 4.21. The van der Waals surface area contributed by atoms with E-state index in [1.165, 1.54) is 6.42 Å². The Balaban J connectivity index is 2.34. The molecular weight excluding hydrogens is 290 g/mol. The number of hydrogen-bond acceptors (Lipinski definition) is 4. The van der Waals surface area contributed by atoms with Crippen molar-refractivity contribution in [3.05, 3.63) is 11.6 Å². The molecule has 1 atom stereocenters. The monoisotopic (exact) mass is 323 g/mol. The molecule has 0 aliphatic rings. The Bertz CT molecular complexity index is 477. The van der Waals surface area contributed by atoms with Gasteiger partial charge in [0, 0.05) is 20.1 Å². The van der Waals surface area contributed by atoms with E-state index in [1.54, 1.807) is 7.05 Å². The summed E-state index contributed by atoms with van der Waals surface area (Å²) < 4.78 is 1.98. The topological polar surface area (TPSA) is 70.4 Å². The number of nitrogens with zero attached hydrogens (tertiary/aromatic N) is 5. The summed E-state index contributed by atoms with van der Waals surface area (Å²) in [6.45, 7) is 12.6. The number of aromatic nitrogens is 3. The summed E-state index contributed by atoms with van der Waals surface area (Å²) in [6, 6.07) is 0.387. The van der Waals surface area contributed by atoms with Crippen molar-refractivity contribution in [1.29, 1.82) is 0 Å². The molecule has 1 heterocycles. The lowest BCUT2D eigenvalue weighted by Gasteiger charge is -2.21. The fourth-order valence-corrected chi connectivity index (χ4v) is 2.43. The van der Waals surface area contributed by atoms with Crippen LogP contribution in [-0.4, -0.2) is 58.3 Å². The quantitative estimate of drug-likeness (QED) is 0.529. The van der Waals surface area contributed by atoms with Crippen molar-refractivity contribution in [2.45, 2.75) is 53.1 Å². The van der Waals surface area contributed by atoms with Gasteiger partial charge < -0.3 is 20.1 Å². The van der Waals surface area contributed by atoms with Crippen LogP contribution in [0, 0.1) is 6.92 Å². The zero-order valence-electron chi connectivity index (χ0n) is 15.6. The first-order valence-electron chi connectivity index (χ1n) is 8.56. The molecule has 0 saturated heterocycles. The maximum Gasteiger partial charge on any atom is 0.191 e. The van der Waals surface area contributed by atoms with Crippen molar-refractivity contribution >= 4 is 5.96 Å². The van der Waals surface area contributed by atoms with Crippen LogP contribution in [0.25, 0.3) is 0 Å². The molecule has 0 fully saturated rings. The zero-order valence-corrected chi connectivity index (χ0v) is 15.6. The molecular formula is C16H33N7. The van der Waals surface area contributed by atoms with E-state index in [4.69, 9.17) is 0 Å². The molecule has 23 heavy (non-hydrogen) atoms. The van der Waals surface area contributed by atoms with E-state index in [0.29, 0.717) is 12.6 Å². The number of nitrogens with one attached hydrogen (secondary N) is 2. The molecule has 0 amide bonds. The highest BCUT2D eigenvalue weighted by Crippen LogP contribution is 2.00. The number of hydrogen-bond donors (Lipinski definition) is 2. The Morgan fingerprint density at radius 1 is 1.30 bits per heavy atom. The molecule has 1 aromatic heterocycles. The van der Waals surface area contributed by atoms with Crippen molar-refractivity contribution < 1.29 is 0 Å². The third kappa shape index (κ3) is 6.56. The summed E-state index contributed by atoms with van der Waals surface area (Å²) in [7, 11) is 3.76. The Morgan fingerprint density at radius 3 is 2.52 bits per heavy atom. The van der Waals surface area contributed by atoms with Gasteiger partial charge in [0.1, 0.15) is 5.82 Å². The lowest BCUT2D eigenvalue weighted by molar-refractivity contribution is 0.292. The van der Waals surface area contributed by atoms with Gasteiger partial charge in [0.05, 0.1) is 6.54 Å². The van der Waals surface area contributed by atoms with Crippen LogP contribution >= 0.6 is 0 Å². The Morgan fingerprint density at radius 2 is 2.00 bits per heavy atom. The zero-order chi connectivity index (χ0) is 17.2. The van der Waals surface area contributed by atoms with E-state index in [2.05, 4.69) is 51.5 Å². The minimum atomic E-state index is 0.387. The summed E-state index contributed by atoms with van der Waals surface area (Å²) in [4.78, 5) is 6.74. The number of aryl methyl sites for hydroxylation is 1. The predicted octanol–water partition coefficient (Wildman–Crippen LogP) is 1.30. The van der Waals surface area contributed by atoms with Gasteiger partial charge in [0.15, 0.2) is 11.8 Å². The Kier molecular flexibility index (Phi) is 8.61. The van der Waals surface area contributed by atoms with Gasteiger partial charge >= 0.3 is 0 Å². The van der Waals surface area contributed by atoms with Gasteiger partial charge in [0.2, 0.25) is 0 Å². The van der Waals surface area contributed by atoms with Crippen molar-refractivity contribution in [3.63, 3.8) is 0 Å². The average Bonchev–Trinajstić information content (AvgIpc) is 2.87. The second-order valence-corrected chi connectivity index (χ2v) is 5.86. The maximum absolute atomic E-state index is 4.28. The van der Waals surface area contributed by atoms with E-state index in [0.717, 1.165) is 43.7 Å². The number of aliphatic imine (C=N–C) groups is 1. The van der Waals surface area contributed by atoms with E-state index in [9.17, 15) is 0 Å². The highest BCUT2D eigenvalue weighted by atomic mass is 15.3. The summed E-state index contributed by atoms with van der Waals surface area (Å²) in [6.07, 6.45) is 2.32. The molecule has 0 saturated carbocycles. The molecule has 0 aliphatic carbocycles. The van der Waals surface area contributed by atoms with Gasteiger partial charge in [-0.3, -0.25) is 4.99 Å². The second kappa shape index (κ2) is 10.2. The standard InChI is InChI=1S/C16H33N7/c1-7-23(8-2)11-9-10-13(3)19-16(17-5)18-12-15-21-20-14(4)22(15)6/h13H,7-12H2,1-6H3,(H2,17,18,19). The Labute approximate surface area is 140 Å². The van der Waals surface area contributed by atoms with Crippen LogP contribution in [0.2, 0.25) is 0 Å². The molecule has 0 bridgehead atoms. The van der Waals surface area contributed by atoms with Crippen molar-refractivity contribution in [2.75, 3.05) is 26.7 Å². The van der Waals surface area contributed by atoms with Crippen LogP contribution in [0.3, 0.4) is 0 Å². The summed E-state index contributed by atoms with van der Waals surface area (Å²) >= 11 is 0. The molecule has 132 valence electrons.